The summed E-state index contributed by atoms with van der Waals surface area (Å²) in [5.41, 5.74) is 1.43. The van der Waals surface area contributed by atoms with Crippen molar-refractivity contribution in [3.8, 4) is 5.75 Å². The molecule has 0 aliphatic rings. The first-order chi connectivity index (χ1) is 10.4. The average Bonchev–Trinajstić information content (AvgIpc) is 2.44. The summed E-state index contributed by atoms with van der Waals surface area (Å²) < 4.78 is 5.57. The number of ether oxygens (including phenoxy) is 1. The van der Waals surface area contributed by atoms with Gasteiger partial charge in [-0.2, -0.15) is 0 Å². The van der Waals surface area contributed by atoms with Gasteiger partial charge in [0.1, 0.15) is 5.75 Å². The molecule has 0 radical (unpaired) electrons. The summed E-state index contributed by atoms with van der Waals surface area (Å²) in [5, 5.41) is 3.71. The molecule has 0 atom stereocenters. The molecular weight excluding hydrogens is 321 g/mol. The summed E-state index contributed by atoms with van der Waals surface area (Å²) in [6.45, 7) is 4.37. The van der Waals surface area contributed by atoms with Crippen LogP contribution in [0.5, 0.6) is 5.75 Å². The van der Waals surface area contributed by atoms with Gasteiger partial charge in [-0.3, -0.25) is 4.79 Å². The molecule has 2 aromatic carbocycles. The zero-order valence-electron chi connectivity index (χ0n) is 12.4. The molecule has 2 aromatic rings. The van der Waals surface area contributed by atoms with Gasteiger partial charge in [0, 0.05) is 22.2 Å². The van der Waals surface area contributed by atoms with E-state index in [1.54, 1.807) is 18.2 Å². The summed E-state index contributed by atoms with van der Waals surface area (Å²) >= 11 is 11.8. The van der Waals surface area contributed by atoms with Gasteiger partial charge in [-0.1, -0.05) is 35.3 Å². The van der Waals surface area contributed by atoms with Crippen LogP contribution in [-0.4, -0.2) is 12.0 Å². The zero-order valence-corrected chi connectivity index (χ0v) is 13.9. The van der Waals surface area contributed by atoms with Crippen LogP contribution in [0.4, 0.5) is 0 Å². The number of halogens is 2. The lowest BCUT2D eigenvalue weighted by atomic mass is 10.2. The van der Waals surface area contributed by atoms with Crippen molar-refractivity contribution in [1.29, 1.82) is 0 Å². The lowest BCUT2D eigenvalue weighted by Crippen LogP contribution is -2.22. The molecule has 0 unspecified atom stereocenters. The van der Waals surface area contributed by atoms with E-state index in [1.807, 2.05) is 38.1 Å². The van der Waals surface area contributed by atoms with Crippen molar-refractivity contribution in [2.45, 2.75) is 26.5 Å². The molecule has 5 heteroatoms. The highest BCUT2D eigenvalue weighted by Gasteiger charge is 2.08. The van der Waals surface area contributed by atoms with Gasteiger partial charge in [0.05, 0.1) is 6.10 Å². The Balaban J connectivity index is 1.96. The summed E-state index contributed by atoms with van der Waals surface area (Å²) in [7, 11) is 0. The van der Waals surface area contributed by atoms with E-state index in [0.29, 0.717) is 22.2 Å². The number of benzene rings is 2. The maximum Gasteiger partial charge on any atom is 0.251 e. The minimum Gasteiger partial charge on any atom is -0.491 e. The van der Waals surface area contributed by atoms with Crippen LogP contribution in [0.1, 0.15) is 29.8 Å². The second-order valence-electron chi connectivity index (χ2n) is 5.15. The van der Waals surface area contributed by atoms with E-state index >= 15 is 0 Å². The Morgan fingerprint density at radius 1 is 1.09 bits per heavy atom. The van der Waals surface area contributed by atoms with Crippen LogP contribution in [0.3, 0.4) is 0 Å². The minimum atomic E-state index is -0.216. The topological polar surface area (TPSA) is 38.3 Å². The van der Waals surface area contributed by atoms with Crippen LogP contribution < -0.4 is 10.1 Å². The highest BCUT2D eigenvalue weighted by atomic mass is 35.5. The van der Waals surface area contributed by atoms with Gasteiger partial charge in [-0.25, -0.2) is 0 Å². The Morgan fingerprint density at radius 3 is 2.23 bits per heavy atom. The molecule has 0 bridgehead atoms. The number of hydrogen-bond donors (Lipinski definition) is 1. The van der Waals surface area contributed by atoms with Gasteiger partial charge in [-0.05, 0) is 49.7 Å². The van der Waals surface area contributed by atoms with Crippen molar-refractivity contribution in [3.63, 3.8) is 0 Å². The molecule has 2 rings (SSSR count). The third kappa shape index (κ3) is 4.93. The van der Waals surface area contributed by atoms with E-state index < -0.39 is 0 Å². The van der Waals surface area contributed by atoms with Gasteiger partial charge in [0.15, 0.2) is 0 Å². The van der Waals surface area contributed by atoms with E-state index in [0.717, 1.165) is 11.3 Å². The molecule has 22 heavy (non-hydrogen) atoms. The fourth-order valence-electron chi connectivity index (χ4n) is 1.93. The third-order valence-electron chi connectivity index (χ3n) is 2.87. The lowest BCUT2D eigenvalue weighted by molar-refractivity contribution is 0.0951. The first-order valence-corrected chi connectivity index (χ1v) is 7.69. The van der Waals surface area contributed by atoms with Gasteiger partial charge in [-0.15, -0.1) is 0 Å². The van der Waals surface area contributed by atoms with Crippen molar-refractivity contribution >= 4 is 29.1 Å². The van der Waals surface area contributed by atoms with Crippen molar-refractivity contribution < 1.29 is 9.53 Å². The first-order valence-electron chi connectivity index (χ1n) is 6.94. The maximum absolute atomic E-state index is 12.1. The fraction of sp³-hybridized carbons (Fsp3) is 0.235. The van der Waals surface area contributed by atoms with E-state index in [1.165, 1.54) is 0 Å². The first kappa shape index (κ1) is 16.7. The van der Waals surface area contributed by atoms with E-state index in [9.17, 15) is 4.79 Å². The highest BCUT2D eigenvalue weighted by molar-refractivity contribution is 6.35. The molecule has 0 heterocycles. The number of amides is 1. The minimum absolute atomic E-state index is 0.137. The molecule has 116 valence electrons. The molecule has 0 aliphatic carbocycles. The molecule has 1 amide bonds. The Bertz CT molecular complexity index is 634. The smallest absolute Gasteiger partial charge is 0.251 e. The Hall–Kier alpha value is -1.71. The van der Waals surface area contributed by atoms with E-state index in [2.05, 4.69) is 5.32 Å². The molecule has 3 nitrogen and oxygen atoms in total. The van der Waals surface area contributed by atoms with Crippen molar-refractivity contribution in [3.05, 3.63) is 63.6 Å². The number of hydrogen-bond acceptors (Lipinski definition) is 2. The normalized spacial score (nSPS) is 10.6. The van der Waals surface area contributed by atoms with Crippen LogP contribution in [0, 0.1) is 0 Å². The molecule has 1 N–H and O–H groups in total. The molecule has 0 spiro atoms. The number of rotatable bonds is 5. The van der Waals surface area contributed by atoms with E-state index in [-0.39, 0.29) is 12.0 Å². The predicted octanol–water partition coefficient (Wildman–Crippen LogP) is 4.71. The average molecular weight is 338 g/mol. The highest BCUT2D eigenvalue weighted by Crippen LogP contribution is 2.19. The molecule has 0 saturated carbocycles. The molecular formula is C17H17Cl2NO2. The van der Waals surface area contributed by atoms with Gasteiger partial charge in [0.2, 0.25) is 0 Å². The van der Waals surface area contributed by atoms with Crippen LogP contribution in [-0.2, 0) is 6.54 Å². The van der Waals surface area contributed by atoms with Gasteiger partial charge < -0.3 is 10.1 Å². The Labute approximate surface area is 140 Å². The van der Waals surface area contributed by atoms with Crippen molar-refractivity contribution in [2.24, 2.45) is 0 Å². The molecule has 0 saturated heterocycles. The van der Waals surface area contributed by atoms with Crippen LogP contribution >= 0.6 is 23.2 Å². The molecule has 0 aliphatic heterocycles. The van der Waals surface area contributed by atoms with Crippen molar-refractivity contribution in [1.82, 2.24) is 5.32 Å². The second kappa shape index (κ2) is 7.52. The van der Waals surface area contributed by atoms with Crippen LogP contribution in [0.2, 0.25) is 10.0 Å². The lowest BCUT2D eigenvalue weighted by Gasteiger charge is -2.10. The fourth-order valence-corrected chi connectivity index (χ4v) is 2.45. The summed E-state index contributed by atoms with van der Waals surface area (Å²) in [5.74, 6) is 0.596. The Kier molecular flexibility index (Phi) is 5.69. The zero-order chi connectivity index (χ0) is 16.1. The third-order valence-corrected chi connectivity index (χ3v) is 3.31. The maximum atomic E-state index is 12.1. The Morgan fingerprint density at radius 2 is 1.68 bits per heavy atom. The number of nitrogens with one attached hydrogen (secondary N) is 1. The largest absolute Gasteiger partial charge is 0.491 e. The molecule has 0 fully saturated rings. The predicted molar refractivity (Wildman–Crippen MR) is 89.8 cm³/mol. The van der Waals surface area contributed by atoms with Gasteiger partial charge >= 0.3 is 0 Å². The SMILES string of the molecule is CC(C)Oc1ccc(CNC(=O)c2cc(Cl)cc(Cl)c2)cc1. The second-order valence-corrected chi connectivity index (χ2v) is 6.02. The van der Waals surface area contributed by atoms with E-state index in [4.69, 9.17) is 27.9 Å². The number of carbonyl (C=O) groups excluding carboxylic acids is 1. The van der Waals surface area contributed by atoms with Crippen molar-refractivity contribution in [2.75, 3.05) is 0 Å². The monoisotopic (exact) mass is 337 g/mol. The standard InChI is InChI=1S/C17H17Cl2NO2/c1-11(2)22-16-5-3-12(4-6-16)10-20-17(21)13-7-14(18)9-15(19)8-13/h3-9,11H,10H2,1-2H3,(H,20,21). The summed E-state index contributed by atoms with van der Waals surface area (Å²) in [6.07, 6.45) is 0.137. The van der Waals surface area contributed by atoms with Crippen LogP contribution in [0.15, 0.2) is 42.5 Å². The van der Waals surface area contributed by atoms with Gasteiger partial charge in [0.25, 0.3) is 5.91 Å². The molecule has 0 aromatic heterocycles. The number of carbonyl (C=O) groups is 1. The quantitative estimate of drug-likeness (QED) is 0.857. The summed E-state index contributed by atoms with van der Waals surface area (Å²) in [6, 6.07) is 12.4. The summed E-state index contributed by atoms with van der Waals surface area (Å²) in [4.78, 5) is 12.1. The van der Waals surface area contributed by atoms with Crippen LogP contribution in [0.25, 0.3) is 0 Å².